The number of nitrogens with zero attached hydrogens (tertiary/aromatic N) is 1. The predicted octanol–water partition coefficient (Wildman–Crippen LogP) is 4.32. The number of carbonyl (C=O) groups excluding carboxylic acids is 2. The molecule has 4 aliphatic carbocycles. The molecule has 6 heteroatoms. The molecule has 0 aromatic rings. The third-order valence-electron chi connectivity index (χ3n) is 9.64. The molecule has 0 unspecified atom stereocenters. The number of hydrogen-bond donors (Lipinski definition) is 1. The van der Waals surface area contributed by atoms with Gasteiger partial charge in [0.15, 0.2) is 0 Å². The maximum Gasteiger partial charge on any atom is 0.139 e. The third kappa shape index (κ3) is 3.44. The highest BCUT2D eigenvalue weighted by Crippen LogP contribution is 2.64. The van der Waals surface area contributed by atoms with E-state index in [1.807, 2.05) is 0 Å². The number of rotatable bonds is 3. The van der Waals surface area contributed by atoms with Gasteiger partial charge in [0, 0.05) is 30.2 Å². The molecule has 5 fully saturated rings. The van der Waals surface area contributed by atoms with E-state index < -0.39 is 0 Å². The molecule has 5 rings (SSSR count). The van der Waals surface area contributed by atoms with Gasteiger partial charge in [-0.2, -0.15) is 0 Å². The van der Waals surface area contributed by atoms with Crippen LogP contribution in [0.5, 0.6) is 0 Å². The van der Waals surface area contributed by atoms with Crippen molar-refractivity contribution in [2.75, 3.05) is 13.2 Å². The number of hydrogen-bond acceptors (Lipinski definition) is 5. The van der Waals surface area contributed by atoms with Crippen LogP contribution in [0.25, 0.3) is 0 Å². The summed E-state index contributed by atoms with van der Waals surface area (Å²) in [6, 6.07) is 0.427. The summed E-state index contributed by atoms with van der Waals surface area (Å²) in [5.74, 6) is 2.38. The van der Waals surface area contributed by atoms with Crippen LogP contribution in [0.3, 0.4) is 0 Å². The van der Waals surface area contributed by atoms with Crippen molar-refractivity contribution in [2.45, 2.75) is 84.1 Å². The molecular formula is C24H37ClN2O3. The van der Waals surface area contributed by atoms with Gasteiger partial charge in [0.1, 0.15) is 18.2 Å². The highest BCUT2D eigenvalue weighted by atomic mass is 35.5. The molecule has 1 N–H and O–H groups in total. The van der Waals surface area contributed by atoms with Crippen LogP contribution in [-0.4, -0.2) is 36.5 Å². The van der Waals surface area contributed by atoms with Gasteiger partial charge in [-0.25, -0.2) is 0 Å². The molecule has 5 nitrogen and oxygen atoms in total. The standard InChI is InChI=1S/C24H36N2O3.ClH/c1-23-9-7-15(26-29-14-16-4-3-11-25-16)12-20(23)21(27)13-17-18-5-6-22(28)24(18,2)10-8-19(17)23;/h16-20,25H,3-14H2,1-2H3;1H/b26-15+;/t16-,17+,18+,19+,20-,23-,24+;/m1./s1. The molecule has 5 aliphatic rings. The third-order valence-corrected chi connectivity index (χ3v) is 9.64. The number of halogens is 1. The van der Waals surface area contributed by atoms with E-state index in [4.69, 9.17) is 4.84 Å². The molecule has 1 aliphatic heterocycles. The van der Waals surface area contributed by atoms with Crippen molar-refractivity contribution in [3.05, 3.63) is 0 Å². The molecule has 0 aromatic carbocycles. The average molecular weight is 437 g/mol. The molecule has 30 heavy (non-hydrogen) atoms. The van der Waals surface area contributed by atoms with Crippen LogP contribution in [0.2, 0.25) is 0 Å². The fourth-order valence-corrected chi connectivity index (χ4v) is 7.82. The highest BCUT2D eigenvalue weighted by molar-refractivity contribution is 5.93. The van der Waals surface area contributed by atoms with Crippen LogP contribution in [0.4, 0.5) is 0 Å². The van der Waals surface area contributed by atoms with Gasteiger partial charge in [0.05, 0.1) is 5.71 Å². The lowest BCUT2D eigenvalue weighted by molar-refractivity contribution is -0.152. The molecule has 0 bridgehead atoms. The fourth-order valence-electron chi connectivity index (χ4n) is 7.82. The van der Waals surface area contributed by atoms with E-state index in [0.29, 0.717) is 48.4 Å². The van der Waals surface area contributed by atoms with Gasteiger partial charge in [-0.3, -0.25) is 9.59 Å². The lowest BCUT2D eigenvalue weighted by Gasteiger charge is -2.58. The van der Waals surface area contributed by atoms with Crippen molar-refractivity contribution in [3.63, 3.8) is 0 Å². The van der Waals surface area contributed by atoms with E-state index in [2.05, 4.69) is 24.3 Å². The van der Waals surface area contributed by atoms with E-state index in [-0.39, 0.29) is 29.2 Å². The second kappa shape index (κ2) is 8.20. The molecule has 168 valence electrons. The van der Waals surface area contributed by atoms with Crippen LogP contribution >= 0.6 is 12.4 Å². The molecule has 7 atom stereocenters. The Labute approximate surface area is 186 Å². The zero-order chi connectivity index (χ0) is 20.2. The van der Waals surface area contributed by atoms with Crippen molar-refractivity contribution in [1.82, 2.24) is 5.32 Å². The first-order valence-corrected chi connectivity index (χ1v) is 11.9. The van der Waals surface area contributed by atoms with E-state index in [1.54, 1.807) is 0 Å². The Morgan fingerprint density at radius 3 is 2.67 bits per heavy atom. The first kappa shape index (κ1) is 22.3. The number of oxime groups is 1. The topological polar surface area (TPSA) is 67.8 Å². The minimum absolute atomic E-state index is 0. The lowest BCUT2D eigenvalue weighted by atomic mass is 9.45. The zero-order valence-corrected chi connectivity index (χ0v) is 19.3. The van der Waals surface area contributed by atoms with Gasteiger partial charge in [-0.05, 0) is 81.1 Å². The first-order chi connectivity index (χ1) is 13.9. The molecule has 1 saturated heterocycles. The predicted molar refractivity (Wildman–Crippen MR) is 119 cm³/mol. The van der Waals surface area contributed by atoms with Gasteiger partial charge in [-0.1, -0.05) is 19.0 Å². The van der Waals surface area contributed by atoms with Crippen LogP contribution in [-0.2, 0) is 14.4 Å². The first-order valence-electron chi connectivity index (χ1n) is 11.9. The molecule has 0 aromatic heterocycles. The van der Waals surface area contributed by atoms with Crippen LogP contribution < -0.4 is 5.32 Å². The average Bonchev–Trinajstić information content (AvgIpc) is 3.31. The Kier molecular flexibility index (Phi) is 6.08. The molecule has 0 amide bonds. The van der Waals surface area contributed by atoms with Crippen molar-refractivity contribution in [3.8, 4) is 0 Å². The highest BCUT2D eigenvalue weighted by Gasteiger charge is 2.62. The minimum atomic E-state index is -0.159. The van der Waals surface area contributed by atoms with Gasteiger partial charge in [0.2, 0.25) is 0 Å². The largest absolute Gasteiger partial charge is 0.394 e. The summed E-state index contributed by atoms with van der Waals surface area (Å²) in [5.41, 5.74) is 0.988. The lowest BCUT2D eigenvalue weighted by Crippen LogP contribution is -2.56. The zero-order valence-electron chi connectivity index (χ0n) is 18.5. The van der Waals surface area contributed by atoms with Crippen LogP contribution in [0.15, 0.2) is 5.16 Å². The summed E-state index contributed by atoms with van der Waals surface area (Å²) in [6.45, 7) is 6.27. The minimum Gasteiger partial charge on any atom is -0.394 e. The van der Waals surface area contributed by atoms with Gasteiger partial charge < -0.3 is 10.2 Å². The number of nitrogens with one attached hydrogen (secondary N) is 1. The smallest absolute Gasteiger partial charge is 0.139 e. The SMILES string of the molecule is C[C@]12CC/C(=N\OC[C@H]3CCCN3)C[C@@H]1C(=O)C[C@@H]1[C@@H]2CC[C@]2(C)C(=O)CC[C@@H]12.Cl. The molecule has 1 heterocycles. The normalized spacial score (nSPS) is 46.7. The molecular weight excluding hydrogens is 400 g/mol. The van der Waals surface area contributed by atoms with Crippen LogP contribution in [0.1, 0.15) is 78.1 Å². The summed E-state index contributed by atoms with van der Waals surface area (Å²) < 4.78 is 0. The van der Waals surface area contributed by atoms with E-state index in [1.165, 1.54) is 6.42 Å². The molecule has 0 spiro atoms. The Hall–Kier alpha value is -0.940. The maximum absolute atomic E-state index is 13.3. The van der Waals surface area contributed by atoms with Crippen molar-refractivity contribution < 1.29 is 14.4 Å². The Morgan fingerprint density at radius 1 is 1.07 bits per heavy atom. The molecule has 4 saturated carbocycles. The summed E-state index contributed by atoms with van der Waals surface area (Å²) in [5, 5.41) is 7.90. The van der Waals surface area contributed by atoms with Crippen molar-refractivity contribution in [2.24, 2.45) is 39.7 Å². The number of carbonyl (C=O) groups is 2. The Bertz CT molecular complexity index is 734. The number of Topliss-reactive ketones (excluding diaryl/α,β-unsaturated/α-hetero) is 2. The van der Waals surface area contributed by atoms with Gasteiger partial charge in [0.25, 0.3) is 0 Å². The van der Waals surface area contributed by atoms with Crippen LogP contribution in [0, 0.1) is 34.5 Å². The summed E-state index contributed by atoms with van der Waals surface area (Å²) in [6.07, 6.45) is 9.67. The summed E-state index contributed by atoms with van der Waals surface area (Å²) in [7, 11) is 0. The Balaban J connectivity index is 0.00000218. The second-order valence-electron chi connectivity index (χ2n) is 11.0. The van der Waals surface area contributed by atoms with E-state index >= 15 is 0 Å². The fraction of sp³-hybridized carbons (Fsp3) is 0.875. The van der Waals surface area contributed by atoms with E-state index in [0.717, 1.165) is 63.6 Å². The Morgan fingerprint density at radius 2 is 1.90 bits per heavy atom. The maximum atomic E-state index is 13.3. The number of fused-ring (bicyclic) bond motifs is 5. The molecule has 0 radical (unpaired) electrons. The summed E-state index contributed by atoms with van der Waals surface area (Å²) in [4.78, 5) is 31.5. The van der Waals surface area contributed by atoms with Gasteiger partial charge in [-0.15, -0.1) is 12.4 Å². The monoisotopic (exact) mass is 436 g/mol. The summed E-state index contributed by atoms with van der Waals surface area (Å²) >= 11 is 0. The van der Waals surface area contributed by atoms with Crippen molar-refractivity contribution in [1.29, 1.82) is 0 Å². The second-order valence-corrected chi connectivity index (χ2v) is 11.0. The number of ketones is 2. The van der Waals surface area contributed by atoms with Crippen molar-refractivity contribution >= 4 is 29.7 Å². The quantitative estimate of drug-likeness (QED) is 0.669. The van der Waals surface area contributed by atoms with E-state index in [9.17, 15) is 9.59 Å². The van der Waals surface area contributed by atoms with Gasteiger partial charge >= 0.3 is 0 Å².